The van der Waals surface area contributed by atoms with Crippen molar-refractivity contribution < 1.29 is 4.79 Å². The van der Waals surface area contributed by atoms with E-state index in [4.69, 9.17) is 5.73 Å². The zero-order valence-electron chi connectivity index (χ0n) is 11.4. The number of hydrogen-bond acceptors (Lipinski definition) is 3. The van der Waals surface area contributed by atoms with Crippen LogP contribution in [0.15, 0.2) is 35.8 Å². The number of piperidine rings is 1. The van der Waals surface area contributed by atoms with Crippen molar-refractivity contribution in [3.63, 3.8) is 0 Å². The molecule has 0 bridgehead atoms. The molecule has 4 nitrogen and oxygen atoms in total. The Hall–Kier alpha value is -1.59. The Bertz CT molecular complexity index is 568. The number of amides is 1. The van der Waals surface area contributed by atoms with Gasteiger partial charge in [-0.25, -0.2) is 0 Å². The smallest absolute Gasteiger partial charge is 0.270 e. The third kappa shape index (κ3) is 2.78. The van der Waals surface area contributed by atoms with Crippen LogP contribution in [0.25, 0.3) is 0 Å². The fraction of sp³-hybridized carbons (Fsp3) is 0.400. The summed E-state index contributed by atoms with van der Waals surface area (Å²) in [6.45, 7) is 2.30. The molecule has 106 valence electrons. The van der Waals surface area contributed by atoms with Gasteiger partial charge in [0, 0.05) is 30.2 Å². The van der Waals surface area contributed by atoms with Crippen LogP contribution in [0, 0.1) is 0 Å². The molecule has 3 rings (SSSR count). The number of aromatic nitrogens is 1. The van der Waals surface area contributed by atoms with Crippen LogP contribution >= 0.6 is 11.3 Å². The molecule has 0 spiro atoms. The zero-order valence-corrected chi connectivity index (χ0v) is 12.2. The normalized spacial score (nSPS) is 16.6. The minimum atomic E-state index is 0.124. The Balaban J connectivity index is 1.73. The minimum absolute atomic E-state index is 0.124. The quantitative estimate of drug-likeness (QED) is 0.941. The number of carbonyl (C=O) groups excluding carboxylic acids is 1. The third-order valence-corrected chi connectivity index (χ3v) is 4.64. The lowest BCUT2D eigenvalue weighted by Crippen LogP contribution is -2.43. The first-order valence-electron chi connectivity index (χ1n) is 6.96. The fourth-order valence-electron chi connectivity index (χ4n) is 2.58. The highest BCUT2D eigenvalue weighted by Crippen LogP contribution is 2.16. The molecule has 0 aromatic carbocycles. The van der Waals surface area contributed by atoms with Gasteiger partial charge in [-0.15, -0.1) is 11.3 Å². The first-order chi connectivity index (χ1) is 9.74. The number of rotatable bonds is 3. The first kappa shape index (κ1) is 13.4. The summed E-state index contributed by atoms with van der Waals surface area (Å²) < 4.78 is 2.03. The highest BCUT2D eigenvalue weighted by molar-refractivity contribution is 7.09. The molecule has 2 aromatic heterocycles. The van der Waals surface area contributed by atoms with Crippen molar-refractivity contribution in [3.8, 4) is 0 Å². The summed E-state index contributed by atoms with van der Waals surface area (Å²) in [6.07, 6.45) is 3.78. The molecular formula is C15H19N3OS. The predicted molar refractivity (Wildman–Crippen MR) is 81.0 cm³/mol. The number of carbonyl (C=O) groups is 1. The van der Waals surface area contributed by atoms with Crippen LogP contribution < -0.4 is 5.73 Å². The van der Waals surface area contributed by atoms with Crippen LogP contribution in [0.3, 0.4) is 0 Å². The van der Waals surface area contributed by atoms with Gasteiger partial charge in [0.25, 0.3) is 5.91 Å². The second-order valence-electron chi connectivity index (χ2n) is 5.23. The van der Waals surface area contributed by atoms with E-state index < -0.39 is 0 Å². The lowest BCUT2D eigenvalue weighted by atomic mass is 10.1. The molecule has 3 heterocycles. The second-order valence-corrected chi connectivity index (χ2v) is 6.26. The van der Waals surface area contributed by atoms with Crippen molar-refractivity contribution >= 4 is 17.2 Å². The molecule has 1 fully saturated rings. The van der Waals surface area contributed by atoms with Gasteiger partial charge in [0.2, 0.25) is 0 Å². The largest absolute Gasteiger partial charge is 0.338 e. The molecule has 1 saturated heterocycles. The third-order valence-electron chi connectivity index (χ3n) is 3.78. The van der Waals surface area contributed by atoms with E-state index in [0.29, 0.717) is 0 Å². The Morgan fingerprint density at radius 3 is 2.80 bits per heavy atom. The predicted octanol–water partition coefficient (Wildman–Crippen LogP) is 2.16. The summed E-state index contributed by atoms with van der Waals surface area (Å²) in [5, 5.41) is 2.06. The summed E-state index contributed by atoms with van der Waals surface area (Å²) in [5.74, 6) is 0.124. The summed E-state index contributed by atoms with van der Waals surface area (Å²) in [4.78, 5) is 15.8. The number of thiophene rings is 1. The molecule has 20 heavy (non-hydrogen) atoms. The first-order valence-corrected chi connectivity index (χ1v) is 7.84. The highest BCUT2D eigenvalue weighted by Gasteiger charge is 2.23. The molecule has 5 heteroatoms. The molecule has 0 unspecified atom stereocenters. The number of likely N-dealkylation sites (tertiary alicyclic amines) is 1. The molecule has 1 amide bonds. The summed E-state index contributed by atoms with van der Waals surface area (Å²) in [5.41, 5.74) is 6.67. The Kier molecular flexibility index (Phi) is 3.89. The van der Waals surface area contributed by atoms with Gasteiger partial charge in [-0.3, -0.25) is 4.79 Å². The maximum atomic E-state index is 12.6. The van der Waals surface area contributed by atoms with Crippen LogP contribution in [0.4, 0.5) is 0 Å². The summed E-state index contributed by atoms with van der Waals surface area (Å²) in [7, 11) is 0. The van der Waals surface area contributed by atoms with Gasteiger partial charge in [0.1, 0.15) is 5.69 Å². The van der Waals surface area contributed by atoms with Gasteiger partial charge in [0.15, 0.2) is 0 Å². The van der Waals surface area contributed by atoms with Crippen LogP contribution in [0.5, 0.6) is 0 Å². The van der Waals surface area contributed by atoms with Crippen LogP contribution in [-0.2, 0) is 6.54 Å². The van der Waals surface area contributed by atoms with Crippen LogP contribution in [0.2, 0.25) is 0 Å². The van der Waals surface area contributed by atoms with Crippen molar-refractivity contribution in [2.24, 2.45) is 5.73 Å². The standard InChI is InChI=1S/C15H19N3OS/c16-12-5-8-17(9-6-12)15(19)14-4-1-7-18(14)11-13-3-2-10-20-13/h1-4,7,10,12H,5-6,8-9,11,16H2. The second kappa shape index (κ2) is 5.81. The average molecular weight is 289 g/mol. The highest BCUT2D eigenvalue weighted by atomic mass is 32.1. The van der Waals surface area contributed by atoms with Crippen molar-refractivity contribution in [3.05, 3.63) is 46.4 Å². The maximum absolute atomic E-state index is 12.6. The molecule has 0 radical (unpaired) electrons. The molecule has 1 aliphatic rings. The van der Waals surface area contributed by atoms with Crippen LogP contribution in [-0.4, -0.2) is 34.5 Å². The van der Waals surface area contributed by atoms with Crippen molar-refractivity contribution in [2.75, 3.05) is 13.1 Å². The molecule has 2 aromatic rings. The maximum Gasteiger partial charge on any atom is 0.270 e. The number of nitrogens with two attached hydrogens (primary N) is 1. The fourth-order valence-corrected chi connectivity index (χ4v) is 3.28. The van der Waals surface area contributed by atoms with Gasteiger partial charge in [-0.2, -0.15) is 0 Å². The lowest BCUT2D eigenvalue weighted by molar-refractivity contribution is 0.0704. The van der Waals surface area contributed by atoms with E-state index in [-0.39, 0.29) is 11.9 Å². The topological polar surface area (TPSA) is 51.3 Å². The van der Waals surface area contributed by atoms with E-state index in [1.165, 1.54) is 4.88 Å². The lowest BCUT2D eigenvalue weighted by Gasteiger charge is -2.30. The molecule has 0 atom stereocenters. The summed E-state index contributed by atoms with van der Waals surface area (Å²) >= 11 is 1.72. The average Bonchev–Trinajstić information content (AvgIpc) is 3.11. The van der Waals surface area contributed by atoms with Crippen molar-refractivity contribution in [2.45, 2.75) is 25.4 Å². The van der Waals surface area contributed by atoms with Crippen molar-refractivity contribution in [1.29, 1.82) is 0 Å². The Morgan fingerprint density at radius 1 is 1.30 bits per heavy atom. The monoisotopic (exact) mass is 289 g/mol. The molecule has 0 aliphatic carbocycles. The van der Waals surface area contributed by atoms with E-state index in [1.54, 1.807) is 11.3 Å². The van der Waals surface area contributed by atoms with Gasteiger partial charge >= 0.3 is 0 Å². The van der Waals surface area contributed by atoms with E-state index >= 15 is 0 Å². The van der Waals surface area contributed by atoms with Crippen molar-refractivity contribution in [1.82, 2.24) is 9.47 Å². The van der Waals surface area contributed by atoms with E-state index in [9.17, 15) is 4.79 Å². The SMILES string of the molecule is NC1CCN(C(=O)c2cccn2Cc2cccs2)CC1. The van der Waals surface area contributed by atoms with E-state index in [1.807, 2.05) is 33.9 Å². The van der Waals surface area contributed by atoms with E-state index in [0.717, 1.165) is 38.2 Å². The molecular weight excluding hydrogens is 270 g/mol. The van der Waals surface area contributed by atoms with Gasteiger partial charge in [-0.1, -0.05) is 6.07 Å². The van der Waals surface area contributed by atoms with Gasteiger partial charge < -0.3 is 15.2 Å². The van der Waals surface area contributed by atoms with E-state index in [2.05, 4.69) is 11.4 Å². The molecule has 0 saturated carbocycles. The number of hydrogen-bond donors (Lipinski definition) is 1. The Morgan fingerprint density at radius 2 is 2.10 bits per heavy atom. The number of nitrogens with zero attached hydrogens (tertiary/aromatic N) is 2. The Labute approximate surface area is 122 Å². The van der Waals surface area contributed by atoms with Crippen LogP contribution in [0.1, 0.15) is 28.2 Å². The zero-order chi connectivity index (χ0) is 13.9. The van der Waals surface area contributed by atoms with Gasteiger partial charge in [0.05, 0.1) is 6.54 Å². The molecule has 2 N–H and O–H groups in total. The molecule has 1 aliphatic heterocycles. The minimum Gasteiger partial charge on any atom is -0.338 e. The van der Waals surface area contributed by atoms with Gasteiger partial charge in [-0.05, 0) is 36.4 Å². The summed E-state index contributed by atoms with van der Waals surface area (Å²) in [6, 6.07) is 8.23.